The number of carbonyl (C=O) groups excluding carboxylic acids is 2. The van der Waals surface area contributed by atoms with Gasteiger partial charge in [-0.05, 0) is 18.9 Å². The van der Waals surface area contributed by atoms with Crippen molar-refractivity contribution >= 4 is 11.8 Å². The second kappa shape index (κ2) is 7.44. The second-order valence-electron chi connectivity index (χ2n) is 9.14. The summed E-state index contributed by atoms with van der Waals surface area (Å²) < 4.78 is 11.3. The average molecular weight is 461 g/mol. The number of ether oxygens (including phenoxy) is 1. The monoisotopic (exact) mass is 461 g/mol. The zero-order valence-corrected chi connectivity index (χ0v) is 18.5. The van der Waals surface area contributed by atoms with Crippen LogP contribution in [0.2, 0.25) is 0 Å². The van der Waals surface area contributed by atoms with Crippen molar-refractivity contribution in [1.82, 2.24) is 20.0 Å². The number of hydrogen-bond donors (Lipinski definition) is 2. The summed E-state index contributed by atoms with van der Waals surface area (Å²) in [4.78, 5) is 35.4. The summed E-state index contributed by atoms with van der Waals surface area (Å²) in [6.07, 6.45) is 2.52. The number of amides is 2. The van der Waals surface area contributed by atoms with Gasteiger partial charge < -0.3 is 25.0 Å². The number of fused-ring (bicyclic) bond motifs is 4. The van der Waals surface area contributed by atoms with E-state index in [1.165, 1.54) is 4.90 Å². The first-order valence-electron chi connectivity index (χ1n) is 11.3. The highest BCUT2D eigenvalue weighted by molar-refractivity contribution is 5.93. The fourth-order valence-electron chi connectivity index (χ4n) is 5.12. The number of hydrogen-bond acceptors (Lipinski definition) is 8. The van der Waals surface area contributed by atoms with Crippen LogP contribution in [0.25, 0.3) is 22.6 Å². The summed E-state index contributed by atoms with van der Waals surface area (Å²) in [5.41, 5.74) is 7.51. The van der Waals surface area contributed by atoms with Gasteiger partial charge in [-0.2, -0.15) is 0 Å². The standard InChI is InChI=1S/C24H23N5O5/c1-29-8-7-24(32,23(29)31)18-11-15(28-34-18)12-3-2-4-13(9-12)22-26-16-10-14-5-6-17(33-14)19(16)20(27-22)21(25)30/h2-4,9,11,14,17,32H,5-8,10H2,1H3,(H2,25,30)/t14-,17?,24+/m0/s1. The first kappa shape index (κ1) is 20.9. The summed E-state index contributed by atoms with van der Waals surface area (Å²) in [5, 5.41) is 14.9. The molecule has 3 aliphatic rings. The summed E-state index contributed by atoms with van der Waals surface area (Å²) in [5.74, 6) is -0.515. The highest BCUT2D eigenvalue weighted by Crippen LogP contribution is 2.42. The molecule has 3 N–H and O–H groups in total. The summed E-state index contributed by atoms with van der Waals surface area (Å²) >= 11 is 0. The van der Waals surface area contributed by atoms with Crippen LogP contribution < -0.4 is 5.73 Å². The van der Waals surface area contributed by atoms with Crippen molar-refractivity contribution in [2.75, 3.05) is 13.6 Å². The molecule has 3 atom stereocenters. The number of benzene rings is 1. The molecule has 0 saturated carbocycles. The van der Waals surface area contributed by atoms with Crippen molar-refractivity contribution in [1.29, 1.82) is 0 Å². The minimum Gasteiger partial charge on any atom is -0.373 e. The lowest BCUT2D eigenvalue weighted by Crippen LogP contribution is -2.35. The molecule has 2 bridgehead atoms. The third-order valence-corrected chi connectivity index (χ3v) is 6.95. The predicted octanol–water partition coefficient (Wildman–Crippen LogP) is 1.72. The van der Waals surface area contributed by atoms with E-state index in [0.29, 0.717) is 41.2 Å². The summed E-state index contributed by atoms with van der Waals surface area (Å²) in [6, 6.07) is 8.90. The first-order chi connectivity index (χ1) is 16.3. The van der Waals surface area contributed by atoms with Crippen LogP contribution in [0.4, 0.5) is 0 Å². The molecule has 2 amide bonds. The third-order valence-electron chi connectivity index (χ3n) is 6.95. The molecule has 0 radical (unpaired) electrons. The predicted molar refractivity (Wildman–Crippen MR) is 118 cm³/mol. The van der Waals surface area contributed by atoms with Gasteiger partial charge in [0.15, 0.2) is 11.6 Å². The molecule has 2 saturated heterocycles. The van der Waals surface area contributed by atoms with Gasteiger partial charge in [-0.1, -0.05) is 23.4 Å². The minimum absolute atomic E-state index is 0.101. The Kier molecular flexibility index (Phi) is 4.58. The second-order valence-corrected chi connectivity index (χ2v) is 9.14. The Hall–Kier alpha value is -3.63. The van der Waals surface area contributed by atoms with E-state index >= 15 is 0 Å². The van der Waals surface area contributed by atoms with Crippen molar-refractivity contribution in [3.05, 3.63) is 53.0 Å². The van der Waals surface area contributed by atoms with Crippen molar-refractivity contribution < 1.29 is 24.0 Å². The minimum atomic E-state index is -1.71. The molecule has 1 unspecified atom stereocenters. The van der Waals surface area contributed by atoms with E-state index < -0.39 is 17.4 Å². The van der Waals surface area contributed by atoms with E-state index in [0.717, 1.165) is 18.5 Å². The first-order valence-corrected chi connectivity index (χ1v) is 11.3. The zero-order valence-electron chi connectivity index (χ0n) is 18.5. The van der Waals surface area contributed by atoms with Crippen LogP contribution in [-0.2, 0) is 21.6 Å². The Labute approximate surface area is 194 Å². The maximum absolute atomic E-state index is 12.4. The molecule has 0 aliphatic carbocycles. The number of primary amides is 1. The van der Waals surface area contributed by atoms with Crippen molar-refractivity contribution in [2.24, 2.45) is 5.73 Å². The number of likely N-dealkylation sites (tertiary alicyclic amines) is 1. The third kappa shape index (κ3) is 3.13. The van der Waals surface area contributed by atoms with Crippen LogP contribution in [0.15, 0.2) is 34.9 Å². The van der Waals surface area contributed by atoms with E-state index in [2.05, 4.69) is 10.1 Å². The maximum atomic E-state index is 12.4. The van der Waals surface area contributed by atoms with E-state index in [1.54, 1.807) is 13.1 Å². The van der Waals surface area contributed by atoms with E-state index in [4.69, 9.17) is 20.0 Å². The van der Waals surface area contributed by atoms with Gasteiger partial charge in [0.05, 0.1) is 17.9 Å². The van der Waals surface area contributed by atoms with Crippen molar-refractivity contribution in [3.63, 3.8) is 0 Å². The molecular weight excluding hydrogens is 438 g/mol. The lowest BCUT2D eigenvalue weighted by Gasteiger charge is -2.24. The zero-order chi connectivity index (χ0) is 23.6. The summed E-state index contributed by atoms with van der Waals surface area (Å²) in [6.45, 7) is 0.436. The number of aliphatic hydroxyl groups is 1. The van der Waals surface area contributed by atoms with E-state index in [-0.39, 0.29) is 30.1 Å². The number of likely N-dealkylation sites (N-methyl/N-ethyl adjacent to an activating group) is 1. The molecule has 174 valence electrons. The fraction of sp³-hybridized carbons (Fsp3) is 0.375. The molecule has 3 aliphatic heterocycles. The Morgan fingerprint density at radius 2 is 2.06 bits per heavy atom. The molecule has 1 aromatic carbocycles. The van der Waals surface area contributed by atoms with Gasteiger partial charge in [-0.25, -0.2) is 9.97 Å². The van der Waals surface area contributed by atoms with Gasteiger partial charge in [0.2, 0.25) is 5.60 Å². The SMILES string of the molecule is CN1CC[C@@](O)(c2cc(-c3cccc(-c4nc5c(c(C(N)=O)n4)C4CC[C@@H](C5)O4)c3)no2)C1=O. The van der Waals surface area contributed by atoms with E-state index in [1.807, 2.05) is 24.3 Å². The number of nitrogens with zero attached hydrogens (tertiary/aromatic N) is 4. The highest BCUT2D eigenvalue weighted by atomic mass is 16.5. The smallest absolute Gasteiger partial charge is 0.267 e. The van der Waals surface area contributed by atoms with Crippen molar-refractivity contribution in [3.8, 4) is 22.6 Å². The van der Waals surface area contributed by atoms with Crippen LogP contribution in [0.5, 0.6) is 0 Å². The molecule has 2 aromatic heterocycles. The molecule has 0 spiro atoms. The van der Waals surface area contributed by atoms with Crippen molar-refractivity contribution in [2.45, 2.75) is 43.5 Å². The lowest BCUT2D eigenvalue weighted by molar-refractivity contribution is -0.144. The number of rotatable bonds is 4. The van der Waals surface area contributed by atoms with Gasteiger partial charge in [0.25, 0.3) is 11.8 Å². The van der Waals surface area contributed by atoms with Crippen LogP contribution >= 0.6 is 0 Å². The van der Waals surface area contributed by atoms with Crippen LogP contribution in [0, 0.1) is 0 Å². The molecule has 34 heavy (non-hydrogen) atoms. The molecule has 10 nitrogen and oxygen atoms in total. The number of carbonyl (C=O) groups is 2. The topological polar surface area (TPSA) is 145 Å². The Morgan fingerprint density at radius 1 is 1.24 bits per heavy atom. The van der Waals surface area contributed by atoms with Crippen LogP contribution in [0.3, 0.4) is 0 Å². The number of nitrogens with two attached hydrogens (primary N) is 1. The molecule has 2 fully saturated rings. The van der Waals surface area contributed by atoms with Gasteiger partial charge >= 0.3 is 0 Å². The molecule has 6 rings (SSSR count). The van der Waals surface area contributed by atoms with Gasteiger partial charge in [-0.15, -0.1) is 0 Å². The highest BCUT2D eigenvalue weighted by Gasteiger charge is 2.48. The van der Waals surface area contributed by atoms with E-state index in [9.17, 15) is 14.7 Å². The largest absolute Gasteiger partial charge is 0.373 e. The van der Waals surface area contributed by atoms with Crippen LogP contribution in [0.1, 0.15) is 52.9 Å². The van der Waals surface area contributed by atoms with Gasteiger partial charge in [0.1, 0.15) is 11.4 Å². The Balaban J connectivity index is 1.38. The molecule has 3 aromatic rings. The lowest BCUT2D eigenvalue weighted by atomic mass is 9.97. The molecular formula is C24H23N5O5. The maximum Gasteiger partial charge on any atom is 0.267 e. The summed E-state index contributed by atoms with van der Waals surface area (Å²) in [7, 11) is 1.64. The Bertz CT molecular complexity index is 1340. The van der Waals surface area contributed by atoms with Crippen LogP contribution in [-0.4, -0.2) is 56.6 Å². The molecule has 10 heteroatoms. The Morgan fingerprint density at radius 3 is 2.82 bits per heavy atom. The quantitative estimate of drug-likeness (QED) is 0.597. The normalized spacial score (nSPS) is 25.6. The average Bonchev–Trinajstić information content (AvgIpc) is 3.55. The van der Waals surface area contributed by atoms with Gasteiger partial charge in [-0.3, -0.25) is 9.59 Å². The number of aromatic nitrogens is 3. The molecule has 5 heterocycles. The van der Waals surface area contributed by atoms with Gasteiger partial charge in [0, 0.05) is 49.2 Å². The fourth-order valence-corrected chi connectivity index (χ4v) is 5.12.